The number of ether oxygens (including phenoxy) is 2. The highest BCUT2D eigenvalue weighted by Crippen LogP contribution is 2.17. The van der Waals surface area contributed by atoms with Crippen molar-refractivity contribution >= 4 is 17.8 Å². The first-order chi connectivity index (χ1) is 6.72. The molecule has 1 aromatic rings. The van der Waals surface area contributed by atoms with Crippen LogP contribution in [0.25, 0.3) is 0 Å². The van der Waals surface area contributed by atoms with Crippen molar-refractivity contribution < 1.29 is 14.3 Å². The molecule has 0 saturated heterocycles. The molecule has 74 valence electrons. The molecule has 0 aliphatic heterocycles. The van der Waals surface area contributed by atoms with Crippen molar-refractivity contribution in [1.29, 1.82) is 0 Å². The SMILES string of the molecule is C=CCOC(=O)Oc1cccc(Cl)c1. The first-order valence-electron chi connectivity index (χ1n) is 3.93. The molecule has 0 spiro atoms. The van der Waals surface area contributed by atoms with Crippen molar-refractivity contribution in [3.8, 4) is 5.75 Å². The van der Waals surface area contributed by atoms with Gasteiger partial charge in [0.25, 0.3) is 0 Å². The number of hydrogen-bond donors (Lipinski definition) is 0. The van der Waals surface area contributed by atoms with Gasteiger partial charge in [-0.1, -0.05) is 30.3 Å². The maximum absolute atomic E-state index is 10.9. The summed E-state index contributed by atoms with van der Waals surface area (Å²) in [5.41, 5.74) is 0. The topological polar surface area (TPSA) is 35.5 Å². The summed E-state index contributed by atoms with van der Waals surface area (Å²) in [6.45, 7) is 3.52. The fourth-order valence-corrected chi connectivity index (χ4v) is 0.963. The highest BCUT2D eigenvalue weighted by atomic mass is 35.5. The lowest BCUT2D eigenvalue weighted by molar-refractivity contribution is 0.109. The quantitative estimate of drug-likeness (QED) is 0.439. The van der Waals surface area contributed by atoms with Gasteiger partial charge in [-0.2, -0.15) is 0 Å². The Morgan fingerprint density at radius 2 is 2.36 bits per heavy atom. The van der Waals surface area contributed by atoms with Crippen molar-refractivity contribution in [2.24, 2.45) is 0 Å². The Hall–Kier alpha value is -1.48. The fraction of sp³-hybridized carbons (Fsp3) is 0.100. The average Bonchev–Trinajstić information content (AvgIpc) is 2.15. The molecule has 1 rings (SSSR count). The molecular weight excluding hydrogens is 204 g/mol. The highest BCUT2D eigenvalue weighted by molar-refractivity contribution is 6.30. The molecule has 4 heteroatoms. The van der Waals surface area contributed by atoms with Crippen LogP contribution >= 0.6 is 11.6 Å². The summed E-state index contributed by atoms with van der Waals surface area (Å²) in [5.74, 6) is 0.353. The molecule has 0 saturated carbocycles. The maximum Gasteiger partial charge on any atom is 0.514 e. The van der Waals surface area contributed by atoms with Crippen LogP contribution in [-0.2, 0) is 4.74 Å². The van der Waals surface area contributed by atoms with E-state index in [1.165, 1.54) is 12.1 Å². The molecule has 0 bridgehead atoms. The minimum Gasteiger partial charge on any atom is -0.430 e. The van der Waals surface area contributed by atoms with Gasteiger partial charge >= 0.3 is 6.16 Å². The Bertz CT molecular complexity index is 336. The van der Waals surface area contributed by atoms with Crippen LogP contribution in [0.15, 0.2) is 36.9 Å². The van der Waals surface area contributed by atoms with Crippen LogP contribution in [0.1, 0.15) is 0 Å². The van der Waals surface area contributed by atoms with Crippen LogP contribution in [0.5, 0.6) is 5.75 Å². The van der Waals surface area contributed by atoms with E-state index in [4.69, 9.17) is 16.3 Å². The number of carbonyl (C=O) groups excluding carboxylic acids is 1. The van der Waals surface area contributed by atoms with Crippen LogP contribution in [0.3, 0.4) is 0 Å². The van der Waals surface area contributed by atoms with E-state index < -0.39 is 6.16 Å². The first-order valence-corrected chi connectivity index (χ1v) is 4.31. The summed E-state index contributed by atoms with van der Waals surface area (Å²) in [6, 6.07) is 6.50. The van der Waals surface area contributed by atoms with Gasteiger partial charge in [0, 0.05) is 5.02 Å². The second-order valence-corrected chi connectivity index (χ2v) is 2.85. The van der Waals surface area contributed by atoms with Crippen molar-refractivity contribution in [3.63, 3.8) is 0 Å². The monoisotopic (exact) mass is 212 g/mol. The number of carbonyl (C=O) groups is 1. The molecule has 0 atom stereocenters. The van der Waals surface area contributed by atoms with Gasteiger partial charge in [0.2, 0.25) is 0 Å². The lowest BCUT2D eigenvalue weighted by Gasteiger charge is -2.03. The van der Waals surface area contributed by atoms with Gasteiger partial charge in [0.05, 0.1) is 0 Å². The summed E-state index contributed by atoms with van der Waals surface area (Å²) < 4.78 is 9.42. The molecule has 0 N–H and O–H groups in total. The second-order valence-electron chi connectivity index (χ2n) is 2.41. The van der Waals surface area contributed by atoms with Gasteiger partial charge in [-0.25, -0.2) is 4.79 Å². The van der Waals surface area contributed by atoms with E-state index in [-0.39, 0.29) is 6.61 Å². The third-order valence-electron chi connectivity index (χ3n) is 1.32. The van der Waals surface area contributed by atoms with Crippen molar-refractivity contribution in [2.45, 2.75) is 0 Å². The normalized spacial score (nSPS) is 9.21. The Morgan fingerprint density at radius 3 is 3.00 bits per heavy atom. The van der Waals surface area contributed by atoms with Crippen LogP contribution in [0.4, 0.5) is 4.79 Å². The van der Waals surface area contributed by atoms with Gasteiger partial charge in [-0.05, 0) is 18.2 Å². The third kappa shape index (κ3) is 3.49. The van der Waals surface area contributed by atoms with E-state index in [0.29, 0.717) is 10.8 Å². The highest BCUT2D eigenvalue weighted by Gasteiger charge is 2.04. The molecule has 0 amide bonds. The van der Waals surface area contributed by atoms with Gasteiger partial charge in [0.1, 0.15) is 12.4 Å². The molecule has 0 aromatic heterocycles. The van der Waals surface area contributed by atoms with E-state index in [1.807, 2.05) is 0 Å². The smallest absolute Gasteiger partial charge is 0.430 e. The van der Waals surface area contributed by atoms with Crippen molar-refractivity contribution in [2.75, 3.05) is 6.61 Å². The maximum atomic E-state index is 10.9. The summed E-state index contributed by atoms with van der Waals surface area (Å²) in [6.07, 6.45) is 0.686. The van der Waals surface area contributed by atoms with Crippen LogP contribution in [0.2, 0.25) is 5.02 Å². The van der Waals surface area contributed by atoms with Crippen LogP contribution < -0.4 is 4.74 Å². The van der Waals surface area contributed by atoms with Crippen LogP contribution in [-0.4, -0.2) is 12.8 Å². The zero-order valence-corrected chi connectivity index (χ0v) is 8.16. The molecule has 0 unspecified atom stereocenters. The second kappa shape index (κ2) is 5.29. The summed E-state index contributed by atoms with van der Waals surface area (Å²) in [4.78, 5) is 10.9. The largest absolute Gasteiger partial charge is 0.514 e. The molecule has 0 aliphatic carbocycles. The van der Waals surface area contributed by atoms with E-state index in [0.717, 1.165) is 0 Å². The lowest BCUT2D eigenvalue weighted by atomic mass is 10.3. The standard InChI is InChI=1S/C10H9ClO3/c1-2-6-13-10(12)14-9-5-3-4-8(11)7-9/h2-5,7H,1,6H2. The summed E-state index contributed by atoms with van der Waals surface area (Å²) in [7, 11) is 0. The Morgan fingerprint density at radius 1 is 1.57 bits per heavy atom. The van der Waals surface area contributed by atoms with Gasteiger partial charge in [-0.3, -0.25) is 0 Å². The Balaban J connectivity index is 2.51. The molecule has 0 fully saturated rings. The van der Waals surface area contributed by atoms with Gasteiger partial charge in [0.15, 0.2) is 0 Å². The van der Waals surface area contributed by atoms with Crippen molar-refractivity contribution in [1.82, 2.24) is 0 Å². The minimum absolute atomic E-state index is 0.124. The zero-order chi connectivity index (χ0) is 10.4. The minimum atomic E-state index is -0.771. The Labute approximate surface area is 86.9 Å². The number of hydrogen-bond acceptors (Lipinski definition) is 3. The molecule has 0 radical (unpaired) electrons. The molecular formula is C10H9ClO3. The summed E-state index contributed by atoms with van der Waals surface area (Å²) >= 11 is 5.68. The molecule has 0 aliphatic rings. The van der Waals surface area contributed by atoms with E-state index in [9.17, 15) is 4.79 Å². The first kappa shape index (κ1) is 10.6. The van der Waals surface area contributed by atoms with Crippen molar-refractivity contribution in [3.05, 3.63) is 41.9 Å². The molecule has 1 aromatic carbocycles. The average molecular weight is 213 g/mol. The molecule has 14 heavy (non-hydrogen) atoms. The Kier molecular flexibility index (Phi) is 4.01. The number of rotatable bonds is 3. The lowest BCUT2D eigenvalue weighted by Crippen LogP contribution is -2.10. The van der Waals surface area contributed by atoms with E-state index in [2.05, 4.69) is 11.3 Å². The molecule has 3 nitrogen and oxygen atoms in total. The summed E-state index contributed by atoms with van der Waals surface area (Å²) in [5, 5.41) is 0.499. The zero-order valence-electron chi connectivity index (χ0n) is 7.40. The van der Waals surface area contributed by atoms with Gasteiger partial charge < -0.3 is 9.47 Å². The predicted octanol–water partition coefficient (Wildman–Crippen LogP) is 3.04. The van der Waals surface area contributed by atoms with Crippen LogP contribution in [0, 0.1) is 0 Å². The predicted molar refractivity (Wildman–Crippen MR) is 53.6 cm³/mol. The van der Waals surface area contributed by atoms with Gasteiger partial charge in [-0.15, -0.1) is 0 Å². The fourth-order valence-electron chi connectivity index (χ4n) is 0.783. The number of halogens is 1. The van der Waals surface area contributed by atoms with E-state index >= 15 is 0 Å². The number of benzene rings is 1. The van der Waals surface area contributed by atoms with E-state index in [1.54, 1.807) is 18.2 Å². The molecule has 0 heterocycles. The third-order valence-corrected chi connectivity index (χ3v) is 1.55.